The second-order valence-electron chi connectivity index (χ2n) is 10.0. The zero-order chi connectivity index (χ0) is 25.8. The number of anilines is 2. The van der Waals surface area contributed by atoms with E-state index in [1.165, 1.54) is 12.5 Å². The van der Waals surface area contributed by atoms with Gasteiger partial charge in [0.2, 0.25) is 11.8 Å². The first-order valence-corrected chi connectivity index (χ1v) is 11.9. The van der Waals surface area contributed by atoms with Crippen LogP contribution in [0.4, 0.5) is 16.2 Å². The summed E-state index contributed by atoms with van der Waals surface area (Å²) in [5.41, 5.74) is 9.52. The third-order valence-corrected chi connectivity index (χ3v) is 5.81. The highest BCUT2D eigenvalue weighted by Gasteiger charge is 2.29. The molecule has 0 saturated heterocycles. The summed E-state index contributed by atoms with van der Waals surface area (Å²) in [5, 5.41) is 2.85. The van der Waals surface area contributed by atoms with E-state index in [-0.39, 0.29) is 23.9 Å². The number of amides is 3. The van der Waals surface area contributed by atoms with Gasteiger partial charge in [0.25, 0.3) is 0 Å². The van der Waals surface area contributed by atoms with Gasteiger partial charge >= 0.3 is 6.09 Å². The highest BCUT2D eigenvalue weighted by molar-refractivity contribution is 5.93. The van der Waals surface area contributed by atoms with E-state index in [0.717, 1.165) is 23.4 Å². The van der Waals surface area contributed by atoms with Gasteiger partial charge in [0, 0.05) is 44.4 Å². The molecule has 0 fully saturated rings. The Balaban J connectivity index is 0.000000211. The van der Waals surface area contributed by atoms with Crippen LogP contribution >= 0.6 is 0 Å². The number of rotatable bonds is 1. The monoisotopic (exact) mass is 480 g/mol. The molecule has 0 radical (unpaired) electrons. The van der Waals surface area contributed by atoms with Gasteiger partial charge in [-0.25, -0.2) is 4.79 Å². The number of benzene rings is 2. The van der Waals surface area contributed by atoms with Crippen LogP contribution in [0.3, 0.4) is 0 Å². The Hall–Kier alpha value is -3.39. The number of nitrogens with two attached hydrogens (primary N) is 1. The summed E-state index contributed by atoms with van der Waals surface area (Å²) in [6, 6.07) is 15.6. The number of hydrogen-bond acceptors (Lipinski definition) is 5. The van der Waals surface area contributed by atoms with Crippen LogP contribution in [0.15, 0.2) is 48.5 Å². The summed E-state index contributed by atoms with van der Waals surface area (Å²) in [4.78, 5) is 38.5. The Labute approximate surface area is 207 Å². The molecule has 0 aromatic heterocycles. The van der Waals surface area contributed by atoms with Crippen LogP contribution in [0, 0.1) is 0 Å². The van der Waals surface area contributed by atoms with E-state index in [2.05, 4.69) is 5.32 Å². The van der Waals surface area contributed by atoms with E-state index in [4.69, 9.17) is 10.5 Å². The van der Waals surface area contributed by atoms with Gasteiger partial charge in [-0.05, 0) is 56.9 Å². The fraction of sp³-hybridized carbons (Fsp3) is 0.444. The first-order valence-electron chi connectivity index (χ1n) is 11.9. The summed E-state index contributed by atoms with van der Waals surface area (Å²) in [6.45, 7) is 9.68. The van der Waals surface area contributed by atoms with Gasteiger partial charge in [0.15, 0.2) is 0 Å². The van der Waals surface area contributed by atoms with Crippen LogP contribution in [-0.2, 0) is 27.2 Å². The Morgan fingerprint density at radius 1 is 0.857 bits per heavy atom. The lowest BCUT2D eigenvalue weighted by Gasteiger charge is -2.34. The van der Waals surface area contributed by atoms with Crippen LogP contribution in [0.25, 0.3) is 0 Å². The van der Waals surface area contributed by atoms with E-state index in [0.29, 0.717) is 19.5 Å². The van der Waals surface area contributed by atoms with Crippen LogP contribution in [0.5, 0.6) is 0 Å². The number of hydrogen-bond donors (Lipinski definition) is 2. The Kier molecular flexibility index (Phi) is 8.17. The van der Waals surface area contributed by atoms with Crippen molar-refractivity contribution in [1.82, 2.24) is 5.32 Å². The normalized spacial score (nSPS) is 18.9. The van der Waals surface area contributed by atoms with Crippen molar-refractivity contribution in [2.75, 3.05) is 22.9 Å². The molecule has 2 aromatic rings. The fourth-order valence-electron chi connectivity index (χ4n) is 4.39. The second kappa shape index (κ2) is 10.9. The minimum Gasteiger partial charge on any atom is -0.444 e. The van der Waals surface area contributed by atoms with E-state index < -0.39 is 11.7 Å². The molecule has 2 heterocycles. The van der Waals surface area contributed by atoms with Crippen molar-refractivity contribution < 1.29 is 19.1 Å². The summed E-state index contributed by atoms with van der Waals surface area (Å²) in [6.07, 6.45) is 1.11. The molecule has 2 aromatic carbocycles. The molecule has 3 amide bonds. The molecule has 188 valence electrons. The van der Waals surface area contributed by atoms with Crippen LogP contribution in [0.1, 0.15) is 45.7 Å². The third-order valence-electron chi connectivity index (χ3n) is 5.81. The van der Waals surface area contributed by atoms with E-state index >= 15 is 0 Å². The second-order valence-corrected chi connectivity index (χ2v) is 10.0. The van der Waals surface area contributed by atoms with Crippen molar-refractivity contribution in [3.63, 3.8) is 0 Å². The van der Waals surface area contributed by atoms with Crippen molar-refractivity contribution in [3.05, 3.63) is 59.7 Å². The summed E-state index contributed by atoms with van der Waals surface area (Å²) in [5.74, 6) is 0.0331. The Morgan fingerprint density at radius 3 is 1.86 bits per heavy atom. The van der Waals surface area contributed by atoms with Crippen molar-refractivity contribution in [2.24, 2.45) is 5.73 Å². The first kappa shape index (κ1) is 26.2. The molecule has 2 aliphatic rings. The van der Waals surface area contributed by atoms with Crippen LogP contribution in [0.2, 0.25) is 0 Å². The van der Waals surface area contributed by atoms with Crippen molar-refractivity contribution >= 4 is 29.3 Å². The molecule has 35 heavy (non-hydrogen) atoms. The lowest BCUT2D eigenvalue weighted by Crippen LogP contribution is -2.50. The third kappa shape index (κ3) is 7.05. The molecule has 8 heteroatoms. The van der Waals surface area contributed by atoms with E-state index in [1.54, 1.807) is 16.7 Å². The van der Waals surface area contributed by atoms with Gasteiger partial charge in [0.05, 0.1) is 6.04 Å². The number of carbonyl (C=O) groups is 3. The van der Waals surface area contributed by atoms with Gasteiger partial charge in [-0.3, -0.25) is 9.59 Å². The SMILES string of the molecule is CC(=O)N1CC(N)Cc2ccccc21.CC(=O)N1CC(NC(=O)OC(C)(C)C)Cc2ccccc21. The van der Waals surface area contributed by atoms with E-state index in [9.17, 15) is 14.4 Å². The quantitative estimate of drug-likeness (QED) is 0.651. The molecule has 0 saturated carbocycles. The van der Waals surface area contributed by atoms with Gasteiger partial charge < -0.3 is 25.6 Å². The van der Waals surface area contributed by atoms with Gasteiger partial charge in [-0.1, -0.05) is 36.4 Å². The van der Waals surface area contributed by atoms with Crippen LogP contribution in [-0.4, -0.2) is 48.7 Å². The summed E-state index contributed by atoms with van der Waals surface area (Å²) >= 11 is 0. The summed E-state index contributed by atoms with van der Waals surface area (Å²) in [7, 11) is 0. The predicted molar refractivity (Wildman–Crippen MR) is 137 cm³/mol. The number of carbonyl (C=O) groups excluding carboxylic acids is 3. The number of nitrogens with zero attached hydrogens (tertiary/aromatic N) is 2. The number of nitrogens with one attached hydrogen (secondary N) is 1. The maximum absolute atomic E-state index is 11.9. The van der Waals surface area contributed by atoms with Crippen molar-refractivity contribution in [2.45, 2.75) is 65.1 Å². The standard InChI is InChI=1S/C16H22N2O3.C11H14N2O/c1-11(19)18-10-13(17-15(20)21-16(2,3)4)9-12-7-5-6-8-14(12)18;1-8(14)13-7-10(12)6-9-4-2-3-5-11(9)13/h5-8,13H,9-10H2,1-4H3,(H,17,20);2-5,10H,6-7,12H2,1H3. The van der Waals surface area contributed by atoms with Crippen molar-refractivity contribution in [1.29, 1.82) is 0 Å². The molecule has 8 nitrogen and oxygen atoms in total. The highest BCUT2D eigenvalue weighted by Crippen LogP contribution is 2.27. The maximum atomic E-state index is 11.9. The highest BCUT2D eigenvalue weighted by atomic mass is 16.6. The number of alkyl carbamates (subject to hydrolysis) is 1. The molecular formula is C27H36N4O4. The number of ether oxygens (including phenoxy) is 1. The van der Waals surface area contributed by atoms with Crippen LogP contribution < -0.4 is 20.9 Å². The molecular weight excluding hydrogens is 444 g/mol. The fourth-order valence-corrected chi connectivity index (χ4v) is 4.39. The minimum absolute atomic E-state index is 0.0295. The molecule has 2 aliphatic heterocycles. The lowest BCUT2D eigenvalue weighted by molar-refractivity contribution is -0.117. The average Bonchev–Trinajstić information content (AvgIpc) is 2.76. The predicted octanol–water partition coefficient (Wildman–Crippen LogP) is 3.41. The lowest BCUT2D eigenvalue weighted by atomic mass is 9.98. The minimum atomic E-state index is -0.531. The molecule has 0 aliphatic carbocycles. The molecule has 4 rings (SSSR count). The van der Waals surface area contributed by atoms with E-state index in [1.807, 2.05) is 69.3 Å². The smallest absolute Gasteiger partial charge is 0.407 e. The maximum Gasteiger partial charge on any atom is 0.407 e. The molecule has 2 unspecified atom stereocenters. The summed E-state index contributed by atoms with van der Waals surface area (Å²) < 4.78 is 5.27. The molecule has 0 spiro atoms. The zero-order valence-corrected chi connectivity index (χ0v) is 21.2. The topological polar surface area (TPSA) is 105 Å². The first-order chi connectivity index (χ1) is 16.4. The largest absolute Gasteiger partial charge is 0.444 e. The van der Waals surface area contributed by atoms with Gasteiger partial charge in [-0.15, -0.1) is 0 Å². The Bertz CT molecular complexity index is 1080. The van der Waals surface area contributed by atoms with Gasteiger partial charge in [0.1, 0.15) is 5.60 Å². The Morgan fingerprint density at radius 2 is 1.34 bits per heavy atom. The van der Waals surface area contributed by atoms with Gasteiger partial charge in [-0.2, -0.15) is 0 Å². The van der Waals surface area contributed by atoms with Crippen molar-refractivity contribution in [3.8, 4) is 0 Å². The average molecular weight is 481 g/mol. The number of fused-ring (bicyclic) bond motifs is 2. The molecule has 0 bridgehead atoms. The zero-order valence-electron chi connectivity index (χ0n) is 21.2. The molecule has 2 atom stereocenters. The molecule has 3 N–H and O–H groups in total. The number of para-hydroxylation sites is 2.